The zero-order valence-corrected chi connectivity index (χ0v) is 21.3. The molecule has 2 aromatic carbocycles. The van der Waals surface area contributed by atoms with E-state index in [-0.39, 0.29) is 0 Å². The Hall–Kier alpha value is -2.58. The van der Waals surface area contributed by atoms with Crippen LogP contribution >= 0.6 is 0 Å². The van der Waals surface area contributed by atoms with Gasteiger partial charge in [0.1, 0.15) is 5.75 Å². The minimum absolute atomic E-state index is 0.499. The lowest BCUT2D eigenvalue weighted by Crippen LogP contribution is -2.57. The monoisotopic (exact) mass is 546 g/mol. The van der Waals surface area contributed by atoms with Crippen molar-refractivity contribution in [2.24, 2.45) is 5.92 Å². The van der Waals surface area contributed by atoms with E-state index in [1.807, 2.05) is 24.3 Å². The Balaban J connectivity index is 1.54. The molecule has 0 unspecified atom stereocenters. The van der Waals surface area contributed by atoms with Gasteiger partial charge in [0, 0.05) is 0 Å². The number of rotatable bonds is 11. The number of unbranched alkanes of at least 4 members (excludes halogenated alkanes) is 4. The Labute approximate surface area is 218 Å². The van der Waals surface area contributed by atoms with Crippen LogP contribution in [0.1, 0.15) is 82.6 Å². The van der Waals surface area contributed by atoms with Crippen LogP contribution in [0.15, 0.2) is 48.5 Å². The Kier molecular flexibility index (Phi) is 9.87. The van der Waals surface area contributed by atoms with Crippen molar-refractivity contribution < 1.29 is 40.3 Å². The fourth-order valence-electron chi connectivity index (χ4n) is 4.96. The highest BCUT2D eigenvalue weighted by Gasteiger charge is 2.77. The number of alkyl halides is 7. The Morgan fingerprint density at radius 1 is 0.763 bits per heavy atom. The minimum Gasteiger partial charge on any atom is -0.422 e. The summed E-state index contributed by atoms with van der Waals surface area (Å²) in [5.41, 5.74) is 2.67. The van der Waals surface area contributed by atoms with Gasteiger partial charge in [0.2, 0.25) is 0 Å². The van der Waals surface area contributed by atoms with E-state index in [0.29, 0.717) is 11.5 Å². The molecule has 1 saturated carbocycles. The smallest absolute Gasteiger partial charge is 0.422 e. The molecule has 0 aliphatic heterocycles. The summed E-state index contributed by atoms with van der Waals surface area (Å²) in [5, 5.41) is 0. The van der Waals surface area contributed by atoms with Crippen molar-refractivity contribution in [1.29, 1.82) is 0 Å². The SMILES string of the molecule is CCCCCCCC1CCC(c2ccc(-c3ccc(OC(=O)C(F)(F)C(F)(F)C(F)(F)F)cc3)cc2)CC1. The molecule has 0 spiro atoms. The van der Waals surface area contributed by atoms with Crippen molar-refractivity contribution in [3.8, 4) is 16.9 Å². The second-order valence-electron chi connectivity index (χ2n) is 10.1. The van der Waals surface area contributed by atoms with Crippen LogP contribution < -0.4 is 4.74 Å². The third-order valence-corrected chi connectivity index (χ3v) is 7.35. The standard InChI is InChI=1S/C29H33F7O2/c1-2-3-4-5-6-7-20-8-10-21(11-9-20)22-12-14-23(15-13-22)24-16-18-25(19-17-24)38-26(37)27(30,31)28(32,33)29(34,35)36/h12-21H,2-11H2,1H3. The fraction of sp³-hybridized carbons (Fsp3) is 0.552. The van der Waals surface area contributed by atoms with Crippen LogP contribution in [-0.2, 0) is 4.79 Å². The maximum Gasteiger partial charge on any atom is 0.460 e. The first kappa shape index (κ1) is 30.0. The molecule has 1 aliphatic rings. The van der Waals surface area contributed by atoms with E-state index in [9.17, 15) is 35.5 Å². The quantitative estimate of drug-likeness (QED) is 0.121. The van der Waals surface area contributed by atoms with Crippen molar-refractivity contribution >= 4 is 5.97 Å². The third-order valence-electron chi connectivity index (χ3n) is 7.35. The molecule has 0 saturated heterocycles. The van der Waals surface area contributed by atoms with Crippen LogP contribution in [0.25, 0.3) is 11.1 Å². The molecule has 2 nitrogen and oxygen atoms in total. The number of benzene rings is 2. The predicted molar refractivity (Wildman–Crippen MR) is 132 cm³/mol. The van der Waals surface area contributed by atoms with E-state index in [2.05, 4.69) is 11.7 Å². The van der Waals surface area contributed by atoms with E-state index in [1.165, 1.54) is 69.1 Å². The normalized spacial score (nSPS) is 18.8. The lowest BCUT2D eigenvalue weighted by Gasteiger charge is -2.29. The zero-order chi connectivity index (χ0) is 28.0. The molecule has 38 heavy (non-hydrogen) atoms. The molecule has 9 heteroatoms. The van der Waals surface area contributed by atoms with Gasteiger partial charge in [-0.3, -0.25) is 0 Å². The van der Waals surface area contributed by atoms with E-state index >= 15 is 0 Å². The topological polar surface area (TPSA) is 26.3 Å². The number of halogens is 7. The Morgan fingerprint density at radius 3 is 1.82 bits per heavy atom. The van der Waals surface area contributed by atoms with Gasteiger partial charge >= 0.3 is 24.0 Å². The summed E-state index contributed by atoms with van der Waals surface area (Å²) < 4.78 is 94.0. The molecule has 0 N–H and O–H groups in total. The van der Waals surface area contributed by atoms with Crippen LogP contribution in [-0.4, -0.2) is 24.0 Å². The Bertz CT molecular complexity index is 1020. The molecule has 0 heterocycles. The van der Waals surface area contributed by atoms with E-state index in [0.717, 1.165) is 36.5 Å². The summed E-state index contributed by atoms with van der Waals surface area (Å²) in [6.45, 7) is 2.22. The molecule has 3 rings (SSSR count). The summed E-state index contributed by atoms with van der Waals surface area (Å²) in [5.74, 6) is -14.9. The van der Waals surface area contributed by atoms with E-state index in [1.54, 1.807) is 0 Å². The van der Waals surface area contributed by atoms with Crippen LogP contribution in [0, 0.1) is 5.92 Å². The van der Waals surface area contributed by atoms with Gasteiger partial charge in [-0.2, -0.15) is 30.7 Å². The first-order valence-corrected chi connectivity index (χ1v) is 13.1. The van der Waals surface area contributed by atoms with Crippen LogP contribution in [0.3, 0.4) is 0 Å². The molecule has 0 amide bonds. The molecule has 1 fully saturated rings. The molecule has 2 aromatic rings. The third kappa shape index (κ3) is 7.08. The van der Waals surface area contributed by atoms with Crippen molar-refractivity contribution in [1.82, 2.24) is 0 Å². The zero-order valence-electron chi connectivity index (χ0n) is 21.3. The highest BCUT2D eigenvalue weighted by Crippen LogP contribution is 2.47. The summed E-state index contributed by atoms with van der Waals surface area (Å²) >= 11 is 0. The van der Waals surface area contributed by atoms with Crippen LogP contribution in [0.5, 0.6) is 5.75 Å². The van der Waals surface area contributed by atoms with Gasteiger partial charge in [-0.05, 0) is 66.3 Å². The van der Waals surface area contributed by atoms with Gasteiger partial charge in [-0.25, -0.2) is 4.79 Å². The largest absolute Gasteiger partial charge is 0.460 e. The molecule has 0 bridgehead atoms. The van der Waals surface area contributed by atoms with Crippen LogP contribution in [0.2, 0.25) is 0 Å². The lowest BCUT2D eigenvalue weighted by molar-refractivity contribution is -0.346. The summed E-state index contributed by atoms with van der Waals surface area (Å²) in [6.07, 6.45) is 5.97. The molecule has 0 aromatic heterocycles. The number of hydrogen-bond acceptors (Lipinski definition) is 2. The average Bonchev–Trinajstić information content (AvgIpc) is 2.89. The van der Waals surface area contributed by atoms with Gasteiger partial charge in [0.05, 0.1) is 0 Å². The lowest BCUT2D eigenvalue weighted by atomic mass is 9.77. The highest BCUT2D eigenvalue weighted by atomic mass is 19.4. The predicted octanol–water partition coefficient (Wildman–Crippen LogP) is 9.73. The van der Waals surface area contributed by atoms with E-state index < -0.39 is 29.7 Å². The van der Waals surface area contributed by atoms with Crippen molar-refractivity contribution in [2.45, 2.75) is 95.1 Å². The van der Waals surface area contributed by atoms with Crippen molar-refractivity contribution in [2.75, 3.05) is 0 Å². The van der Waals surface area contributed by atoms with Crippen molar-refractivity contribution in [3.63, 3.8) is 0 Å². The second-order valence-corrected chi connectivity index (χ2v) is 10.1. The number of ether oxygens (including phenoxy) is 1. The van der Waals surface area contributed by atoms with Crippen LogP contribution in [0.4, 0.5) is 30.7 Å². The van der Waals surface area contributed by atoms with Gasteiger partial charge in [0.25, 0.3) is 0 Å². The minimum atomic E-state index is -6.61. The van der Waals surface area contributed by atoms with Gasteiger partial charge < -0.3 is 4.74 Å². The first-order valence-electron chi connectivity index (χ1n) is 13.1. The maximum atomic E-state index is 13.5. The van der Waals surface area contributed by atoms with Gasteiger partial charge in [0.15, 0.2) is 0 Å². The Morgan fingerprint density at radius 2 is 1.29 bits per heavy atom. The van der Waals surface area contributed by atoms with E-state index in [4.69, 9.17) is 0 Å². The van der Waals surface area contributed by atoms with Gasteiger partial charge in [-0.1, -0.05) is 81.8 Å². The molecular formula is C29H33F7O2. The maximum absolute atomic E-state index is 13.5. The van der Waals surface area contributed by atoms with Crippen molar-refractivity contribution in [3.05, 3.63) is 54.1 Å². The average molecular weight is 547 g/mol. The molecule has 0 atom stereocenters. The second kappa shape index (κ2) is 12.5. The number of carbonyl (C=O) groups excluding carboxylic acids is 1. The number of carbonyl (C=O) groups is 1. The molecule has 0 radical (unpaired) electrons. The number of hydrogen-bond donors (Lipinski definition) is 0. The first-order chi connectivity index (χ1) is 17.9. The summed E-state index contributed by atoms with van der Waals surface area (Å²) in [6, 6.07) is 12.8. The molecule has 210 valence electrons. The fourth-order valence-corrected chi connectivity index (χ4v) is 4.96. The summed E-state index contributed by atoms with van der Waals surface area (Å²) in [4.78, 5) is 11.4. The number of esters is 1. The van der Waals surface area contributed by atoms with Gasteiger partial charge in [-0.15, -0.1) is 0 Å². The summed E-state index contributed by atoms with van der Waals surface area (Å²) in [7, 11) is 0. The molecular weight excluding hydrogens is 513 g/mol. The molecule has 1 aliphatic carbocycles. The highest BCUT2D eigenvalue weighted by molar-refractivity contribution is 5.81.